The van der Waals surface area contributed by atoms with Crippen molar-refractivity contribution in [2.75, 3.05) is 18.4 Å². The van der Waals surface area contributed by atoms with Gasteiger partial charge in [-0.3, -0.25) is 0 Å². The Labute approximate surface area is 98.2 Å². The van der Waals surface area contributed by atoms with Crippen molar-refractivity contribution in [2.45, 2.75) is 12.4 Å². The van der Waals surface area contributed by atoms with E-state index in [1.807, 2.05) is 5.32 Å². The summed E-state index contributed by atoms with van der Waals surface area (Å²) < 4.78 is 66.8. The summed E-state index contributed by atoms with van der Waals surface area (Å²) in [5, 5.41) is 2.04. The Bertz CT molecular complexity index is 323. The first-order valence-corrected chi connectivity index (χ1v) is 4.48. The number of nitrogens with zero attached hydrogens (tertiary/aromatic N) is 2. The molecule has 4 nitrogen and oxygen atoms in total. The molecule has 0 fully saturated rings. The molecule has 0 saturated heterocycles. The minimum atomic E-state index is -4.24. The molecule has 0 spiro atoms. The van der Waals surface area contributed by atoms with Crippen LogP contribution in [0, 0.1) is 0 Å². The Kier molecular flexibility index (Phi) is 6.37. The van der Waals surface area contributed by atoms with Crippen LogP contribution in [0.25, 0.3) is 0 Å². The highest BCUT2D eigenvalue weighted by Gasteiger charge is 2.26. The van der Waals surface area contributed by atoms with Crippen LogP contribution in [0.2, 0.25) is 0 Å². The zero-order valence-corrected chi connectivity index (χ0v) is 8.89. The molecule has 0 aliphatic heterocycles. The van der Waals surface area contributed by atoms with Crippen molar-refractivity contribution < 1.29 is 26.3 Å². The van der Waals surface area contributed by atoms with Crippen molar-refractivity contribution in [1.82, 2.24) is 9.97 Å². The first kappa shape index (κ1) is 16.4. The number of halogens is 6. The molecule has 0 atom stereocenters. The number of hydrogen-bond donors (Lipinski definition) is 2. The van der Waals surface area contributed by atoms with Gasteiger partial charge >= 0.3 is 12.4 Å². The molecule has 0 amide bonds. The highest BCUT2D eigenvalue weighted by atomic mass is 19.4. The van der Waals surface area contributed by atoms with Crippen LogP contribution in [0.4, 0.5) is 32.3 Å². The van der Waals surface area contributed by atoms with Crippen LogP contribution >= 0.6 is 0 Å². The van der Waals surface area contributed by atoms with Gasteiger partial charge in [-0.05, 0) is 6.07 Å². The molecule has 1 aromatic rings. The van der Waals surface area contributed by atoms with E-state index in [0.29, 0.717) is 0 Å². The highest BCUT2D eigenvalue weighted by molar-refractivity contribution is 5.22. The number of nitrogens with one attached hydrogen (secondary N) is 1. The van der Waals surface area contributed by atoms with Crippen LogP contribution in [0.15, 0.2) is 18.5 Å². The summed E-state index contributed by atoms with van der Waals surface area (Å²) in [6.07, 6.45) is -5.68. The molecule has 0 radical (unpaired) electrons. The van der Waals surface area contributed by atoms with Crippen molar-refractivity contribution in [2.24, 2.45) is 5.73 Å². The predicted molar refractivity (Wildman–Crippen MR) is 51.7 cm³/mol. The Morgan fingerprint density at radius 1 is 1.00 bits per heavy atom. The van der Waals surface area contributed by atoms with E-state index >= 15 is 0 Å². The topological polar surface area (TPSA) is 63.8 Å². The van der Waals surface area contributed by atoms with Crippen molar-refractivity contribution in [3.05, 3.63) is 18.5 Å². The minimum absolute atomic E-state index is 0.0187. The molecule has 0 saturated carbocycles. The maximum absolute atomic E-state index is 11.6. The third-order valence-corrected chi connectivity index (χ3v) is 1.24. The van der Waals surface area contributed by atoms with Crippen molar-refractivity contribution in [3.8, 4) is 0 Å². The molecule has 1 aromatic heterocycles. The number of rotatable bonds is 2. The number of hydrogen-bond acceptors (Lipinski definition) is 4. The van der Waals surface area contributed by atoms with E-state index in [4.69, 9.17) is 0 Å². The van der Waals surface area contributed by atoms with Crippen molar-refractivity contribution in [3.63, 3.8) is 0 Å². The zero-order chi connectivity index (χ0) is 14.2. The van der Waals surface area contributed by atoms with Gasteiger partial charge in [-0.25, -0.2) is 9.97 Å². The summed E-state index contributed by atoms with van der Waals surface area (Å²) in [6.45, 7) is -2.34. The van der Waals surface area contributed by atoms with Crippen LogP contribution in [0.5, 0.6) is 0 Å². The molecule has 0 bridgehead atoms. The lowest BCUT2D eigenvalue weighted by molar-refractivity contribution is -0.118. The van der Waals surface area contributed by atoms with Crippen molar-refractivity contribution >= 4 is 5.95 Å². The van der Waals surface area contributed by atoms with E-state index < -0.39 is 25.4 Å². The average molecular weight is 276 g/mol. The Morgan fingerprint density at radius 2 is 1.44 bits per heavy atom. The predicted octanol–water partition coefficient (Wildman–Crippen LogP) is 1.96. The van der Waals surface area contributed by atoms with E-state index in [1.165, 1.54) is 18.5 Å². The monoisotopic (exact) mass is 276 g/mol. The van der Waals surface area contributed by atoms with Gasteiger partial charge in [0.1, 0.15) is 6.54 Å². The van der Waals surface area contributed by atoms with E-state index in [0.717, 1.165) is 0 Å². The lowest BCUT2D eigenvalue weighted by Crippen LogP contribution is -2.22. The third-order valence-electron chi connectivity index (χ3n) is 1.24. The van der Waals surface area contributed by atoms with Crippen LogP contribution in [0.1, 0.15) is 0 Å². The van der Waals surface area contributed by atoms with Gasteiger partial charge in [-0.15, -0.1) is 0 Å². The molecule has 0 unspecified atom stereocenters. The summed E-state index contributed by atoms with van der Waals surface area (Å²) in [7, 11) is 0. The van der Waals surface area contributed by atoms with Crippen LogP contribution < -0.4 is 11.1 Å². The molecular formula is C8H10F6N4. The number of alkyl halides is 6. The molecule has 1 rings (SSSR count). The third kappa shape index (κ3) is 10.9. The minimum Gasteiger partial charge on any atom is -0.345 e. The Balaban J connectivity index is 0.000000411. The van der Waals surface area contributed by atoms with E-state index in [2.05, 4.69) is 15.7 Å². The number of aromatic nitrogens is 2. The van der Waals surface area contributed by atoms with Gasteiger partial charge in [0, 0.05) is 12.4 Å². The Morgan fingerprint density at radius 3 is 1.78 bits per heavy atom. The molecule has 10 heteroatoms. The summed E-state index contributed by atoms with van der Waals surface area (Å²) in [6, 6.07) is 1.53. The van der Waals surface area contributed by atoms with E-state index in [-0.39, 0.29) is 5.95 Å². The molecule has 104 valence electrons. The maximum Gasteiger partial charge on any atom is 0.405 e. The first-order chi connectivity index (χ1) is 8.14. The molecular weight excluding hydrogens is 266 g/mol. The molecule has 0 aliphatic carbocycles. The molecule has 3 N–H and O–H groups in total. The average Bonchev–Trinajstić information content (AvgIpc) is 2.27. The summed E-state index contributed by atoms with van der Waals surface area (Å²) in [4.78, 5) is 7.12. The second kappa shape index (κ2) is 6.99. The van der Waals surface area contributed by atoms with Gasteiger partial charge in [-0.2, -0.15) is 26.3 Å². The zero-order valence-electron chi connectivity index (χ0n) is 8.89. The van der Waals surface area contributed by atoms with Crippen LogP contribution in [0.3, 0.4) is 0 Å². The van der Waals surface area contributed by atoms with Gasteiger partial charge in [0.25, 0.3) is 0 Å². The fraction of sp³-hybridized carbons (Fsp3) is 0.500. The summed E-state index contributed by atoms with van der Waals surface area (Å²) in [5.41, 5.74) is 4.18. The van der Waals surface area contributed by atoms with Gasteiger partial charge < -0.3 is 11.1 Å². The second-order valence-electron chi connectivity index (χ2n) is 2.86. The normalized spacial score (nSPS) is 11.5. The summed E-state index contributed by atoms with van der Waals surface area (Å²) >= 11 is 0. The quantitative estimate of drug-likeness (QED) is 0.810. The standard InChI is InChI=1S/C6H6F3N3.C2H4F3N/c7-6(8,9)4-12-5-10-2-1-3-11-5;3-2(4,5)1-6/h1-3H,4H2,(H,10,11,12);1,6H2. The SMILES string of the molecule is FC(F)(F)CNc1ncccn1.NCC(F)(F)F. The second-order valence-corrected chi connectivity index (χ2v) is 2.86. The number of nitrogens with two attached hydrogens (primary N) is 1. The van der Waals surface area contributed by atoms with Crippen molar-refractivity contribution in [1.29, 1.82) is 0 Å². The fourth-order valence-corrected chi connectivity index (χ4v) is 0.570. The van der Waals surface area contributed by atoms with E-state index in [9.17, 15) is 26.3 Å². The number of anilines is 1. The molecule has 0 aliphatic rings. The summed E-state index contributed by atoms with van der Waals surface area (Å²) in [5.74, 6) is -0.0187. The maximum atomic E-state index is 11.6. The lowest BCUT2D eigenvalue weighted by atomic mass is 10.6. The fourth-order valence-electron chi connectivity index (χ4n) is 0.570. The first-order valence-electron chi connectivity index (χ1n) is 4.48. The Hall–Kier alpha value is -1.58. The van der Waals surface area contributed by atoms with Gasteiger partial charge in [-0.1, -0.05) is 0 Å². The van der Waals surface area contributed by atoms with Crippen LogP contribution in [-0.4, -0.2) is 35.4 Å². The largest absolute Gasteiger partial charge is 0.405 e. The smallest absolute Gasteiger partial charge is 0.345 e. The van der Waals surface area contributed by atoms with Gasteiger partial charge in [0.2, 0.25) is 5.95 Å². The lowest BCUT2D eigenvalue weighted by Gasteiger charge is -2.06. The molecule has 1 heterocycles. The van der Waals surface area contributed by atoms with Crippen LogP contribution in [-0.2, 0) is 0 Å². The molecule has 0 aromatic carbocycles. The molecule has 18 heavy (non-hydrogen) atoms. The highest BCUT2D eigenvalue weighted by Crippen LogP contribution is 2.14. The van der Waals surface area contributed by atoms with Gasteiger partial charge in [0.05, 0.1) is 6.54 Å². The van der Waals surface area contributed by atoms with E-state index in [1.54, 1.807) is 0 Å². The van der Waals surface area contributed by atoms with Gasteiger partial charge in [0.15, 0.2) is 0 Å².